The van der Waals surface area contributed by atoms with Crippen molar-refractivity contribution in [2.24, 2.45) is 7.05 Å². The molecular weight excluding hydrogens is 253 g/mol. The molecule has 2 aromatic rings. The van der Waals surface area contributed by atoms with Crippen LogP contribution in [0.2, 0.25) is 5.02 Å². The Morgan fingerprint density at radius 3 is 2.78 bits per heavy atom. The third-order valence-electron chi connectivity index (χ3n) is 2.78. The van der Waals surface area contributed by atoms with E-state index in [0.29, 0.717) is 6.54 Å². The van der Waals surface area contributed by atoms with Crippen LogP contribution in [0.15, 0.2) is 24.3 Å². The minimum Gasteiger partial charge on any atom is -0.379 e. The van der Waals surface area contributed by atoms with Crippen molar-refractivity contribution in [3.05, 3.63) is 46.5 Å². The third kappa shape index (κ3) is 2.82. The van der Waals surface area contributed by atoms with E-state index in [9.17, 15) is 4.39 Å². The highest BCUT2D eigenvalue weighted by Crippen LogP contribution is 2.19. The van der Waals surface area contributed by atoms with E-state index >= 15 is 0 Å². The number of nitrogens with zero attached hydrogens (tertiary/aromatic N) is 2. The lowest BCUT2D eigenvalue weighted by atomic mass is 10.3. The molecule has 3 nitrogen and oxygen atoms in total. The van der Waals surface area contributed by atoms with Gasteiger partial charge < -0.3 is 5.32 Å². The minimum absolute atomic E-state index is 0.124. The van der Waals surface area contributed by atoms with Gasteiger partial charge in [-0.15, -0.1) is 0 Å². The van der Waals surface area contributed by atoms with Crippen molar-refractivity contribution in [1.82, 2.24) is 9.78 Å². The molecule has 0 unspecified atom stereocenters. The van der Waals surface area contributed by atoms with Crippen molar-refractivity contribution in [2.75, 3.05) is 5.32 Å². The van der Waals surface area contributed by atoms with Crippen LogP contribution in [0.25, 0.3) is 0 Å². The molecule has 0 aliphatic carbocycles. The van der Waals surface area contributed by atoms with E-state index in [0.717, 1.165) is 23.5 Å². The zero-order valence-electron chi connectivity index (χ0n) is 10.4. The fraction of sp³-hybridized carbons (Fsp3) is 0.308. The van der Waals surface area contributed by atoms with Crippen molar-refractivity contribution >= 4 is 17.3 Å². The van der Waals surface area contributed by atoms with Crippen molar-refractivity contribution in [3.63, 3.8) is 0 Å². The number of halogens is 2. The molecular formula is C13H15ClFN3. The molecule has 1 heterocycles. The van der Waals surface area contributed by atoms with Gasteiger partial charge in [-0.3, -0.25) is 4.68 Å². The predicted molar refractivity (Wildman–Crippen MR) is 71.3 cm³/mol. The molecule has 0 spiro atoms. The van der Waals surface area contributed by atoms with E-state index in [4.69, 9.17) is 11.6 Å². The molecule has 2 rings (SSSR count). The summed E-state index contributed by atoms with van der Waals surface area (Å²) < 4.78 is 14.8. The third-order valence-corrected chi connectivity index (χ3v) is 3.07. The molecule has 0 atom stereocenters. The van der Waals surface area contributed by atoms with Gasteiger partial charge in [-0.2, -0.15) is 5.10 Å². The second kappa shape index (κ2) is 5.40. The first-order valence-corrected chi connectivity index (χ1v) is 6.18. The topological polar surface area (TPSA) is 29.9 Å². The smallest absolute Gasteiger partial charge is 0.141 e. The van der Waals surface area contributed by atoms with Crippen molar-refractivity contribution in [3.8, 4) is 0 Å². The van der Waals surface area contributed by atoms with E-state index in [1.807, 2.05) is 11.7 Å². The summed E-state index contributed by atoms with van der Waals surface area (Å²) in [5.74, 6) is -0.406. The number of benzene rings is 1. The monoisotopic (exact) mass is 267 g/mol. The summed E-state index contributed by atoms with van der Waals surface area (Å²) in [6.45, 7) is 2.70. The van der Waals surface area contributed by atoms with Crippen molar-refractivity contribution in [1.29, 1.82) is 0 Å². The number of hydrogen-bond donors (Lipinski definition) is 1. The molecule has 0 amide bonds. The van der Waals surface area contributed by atoms with E-state index in [1.54, 1.807) is 12.1 Å². The Morgan fingerprint density at radius 2 is 2.17 bits per heavy atom. The lowest BCUT2D eigenvalue weighted by Gasteiger charge is -2.07. The molecule has 0 aliphatic rings. The summed E-state index contributed by atoms with van der Waals surface area (Å²) in [6.07, 6.45) is 0.913. The molecule has 0 aliphatic heterocycles. The second-order valence-electron chi connectivity index (χ2n) is 4.09. The van der Waals surface area contributed by atoms with Crippen LogP contribution in [0.1, 0.15) is 18.3 Å². The first kappa shape index (κ1) is 12.9. The molecule has 0 saturated heterocycles. The standard InChI is InChI=1S/C13H15ClFN3/c1-3-9-6-11(18(2)17-9)8-16-10-4-5-13(15)12(14)7-10/h4-7,16H,3,8H2,1-2H3. The van der Waals surface area contributed by atoms with Crippen molar-refractivity contribution < 1.29 is 4.39 Å². The van der Waals surface area contributed by atoms with E-state index in [2.05, 4.69) is 23.4 Å². The lowest BCUT2D eigenvalue weighted by Crippen LogP contribution is -2.05. The Kier molecular flexibility index (Phi) is 3.87. The average Bonchev–Trinajstić information content (AvgIpc) is 2.72. The summed E-state index contributed by atoms with van der Waals surface area (Å²) in [4.78, 5) is 0. The van der Waals surface area contributed by atoms with Gasteiger partial charge in [-0.05, 0) is 30.7 Å². The van der Waals surface area contributed by atoms with Crippen LogP contribution in [0.4, 0.5) is 10.1 Å². The number of aryl methyl sites for hydroxylation is 2. The van der Waals surface area contributed by atoms with Gasteiger partial charge in [0.1, 0.15) is 5.82 Å². The predicted octanol–water partition coefficient (Wildman–Crippen LogP) is 3.39. The van der Waals surface area contributed by atoms with Gasteiger partial charge in [-0.1, -0.05) is 18.5 Å². The van der Waals surface area contributed by atoms with E-state index in [-0.39, 0.29) is 5.02 Å². The van der Waals surface area contributed by atoms with Gasteiger partial charge in [-0.25, -0.2) is 4.39 Å². The lowest BCUT2D eigenvalue weighted by molar-refractivity contribution is 0.628. The Labute approximate surface area is 111 Å². The number of nitrogens with one attached hydrogen (secondary N) is 1. The van der Waals surface area contributed by atoms with Gasteiger partial charge in [0.05, 0.1) is 23.0 Å². The molecule has 1 aromatic carbocycles. The van der Waals surface area contributed by atoms with Crippen LogP contribution < -0.4 is 5.32 Å². The zero-order valence-corrected chi connectivity index (χ0v) is 11.1. The van der Waals surface area contributed by atoms with Crippen LogP contribution >= 0.6 is 11.6 Å². The molecule has 5 heteroatoms. The summed E-state index contributed by atoms with van der Waals surface area (Å²) in [5.41, 5.74) is 2.93. The molecule has 1 aromatic heterocycles. The van der Waals surface area contributed by atoms with Crippen LogP contribution in [0.3, 0.4) is 0 Å². The summed E-state index contributed by atoms with van der Waals surface area (Å²) in [6, 6.07) is 6.65. The molecule has 0 bridgehead atoms. The summed E-state index contributed by atoms with van der Waals surface area (Å²) >= 11 is 5.72. The van der Waals surface area contributed by atoms with Crippen LogP contribution in [-0.4, -0.2) is 9.78 Å². The fourth-order valence-electron chi connectivity index (χ4n) is 1.71. The van der Waals surface area contributed by atoms with E-state index < -0.39 is 5.82 Å². The Morgan fingerprint density at radius 1 is 1.39 bits per heavy atom. The molecule has 0 fully saturated rings. The van der Waals surface area contributed by atoms with Gasteiger partial charge in [0.15, 0.2) is 0 Å². The maximum atomic E-state index is 13.0. The summed E-state index contributed by atoms with van der Waals surface area (Å²) in [5, 5.41) is 7.68. The molecule has 0 radical (unpaired) electrons. The minimum atomic E-state index is -0.406. The number of anilines is 1. The quantitative estimate of drug-likeness (QED) is 0.920. The highest BCUT2D eigenvalue weighted by Gasteiger charge is 2.04. The largest absolute Gasteiger partial charge is 0.379 e. The second-order valence-corrected chi connectivity index (χ2v) is 4.49. The van der Waals surface area contributed by atoms with Crippen molar-refractivity contribution in [2.45, 2.75) is 19.9 Å². The first-order chi connectivity index (χ1) is 8.60. The molecule has 18 heavy (non-hydrogen) atoms. The zero-order chi connectivity index (χ0) is 13.1. The molecule has 1 N–H and O–H groups in total. The number of aromatic nitrogens is 2. The maximum absolute atomic E-state index is 13.0. The van der Waals surface area contributed by atoms with Gasteiger partial charge >= 0.3 is 0 Å². The number of hydrogen-bond acceptors (Lipinski definition) is 2. The Bertz CT molecular complexity index is 551. The first-order valence-electron chi connectivity index (χ1n) is 5.81. The fourth-order valence-corrected chi connectivity index (χ4v) is 1.89. The van der Waals surface area contributed by atoms with Gasteiger partial charge in [0.25, 0.3) is 0 Å². The van der Waals surface area contributed by atoms with Crippen LogP contribution in [0, 0.1) is 5.82 Å². The maximum Gasteiger partial charge on any atom is 0.141 e. The van der Waals surface area contributed by atoms with Crippen LogP contribution in [0.5, 0.6) is 0 Å². The SMILES string of the molecule is CCc1cc(CNc2ccc(F)c(Cl)c2)n(C)n1. The number of rotatable bonds is 4. The molecule has 96 valence electrons. The normalized spacial score (nSPS) is 10.7. The highest BCUT2D eigenvalue weighted by molar-refractivity contribution is 6.31. The summed E-state index contributed by atoms with van der Waals surface area (Å²) in [7, 11) is 1.91. The average molecular weight is 268 g/mol. The molecule has 0 saturated carbocycles. The van der Waals surface area contributed by atoms with Gasteiger partial charge in [0.2, 0.25) is 0 Å². The van der Waals surface area contributed by atoms with E-state index in [1.165, 1.54) is 6.07 Å². The highest BCUT2D eigenvalue weighted by atomic mass is 35.5. The Hall–Kier alpha value is -1.55. The van der Waals surface area contributed by atoms with Crippen LogP contribution in [-0.2, 0) is 20.0 Å². The van der Waals surface area contributed by atoms with Gasteiger partial charge in [0, 0.05) is 12.7 Å². The Balaban J connectivity index is 2.06.